The van der Waals surface area contributed by atoms with Gasteiger partial charge in [0.2, 0.25) is 5.60 Å². The number of hydrogen-bond acceptors (Lipinski definition) is 19. The van der Waals surface area contributed by atoms with Gasteiger partial charge in [-0.15, -0.1) is 0 Å². The predicted molar refractivity (Wildman–Crippen MR) is 345 cm³/mol. The van der Waals surface area contributed by atoms with Gasteiger partial charge in [0.25, 0.3) is 5.24 Å². The number of halogens is 1. The fourth-order valence-electron chi connectivity index (χ4n) is 10.8. The molecule has 10 rings (SSSR count). The monoisotopic (exact) mass is 1290 g/mol. The fourth-order valence-corrected chi connectivity index (χ4v) is 11.0. The lowest BCUT2D eigenvalue weighted by Gasteiger charge is -2.36. The molecule has 92 heavy (non-hydrogen) atoms. The van der Waals surface area contributed by atoms with Crippen molar-refractivity contribution in [3.05, 3.63) is 180 Å². The van der Waals surface area contributed by atoms with Crippen LogP contribution in [0.1, 0.15) is 141 Å². The maximum atomic E-state index is 12.8. The van der Waals surface area contributed by atoms with Crippen LogP contribution in [-0.4, -0.2) is 181 Å². The molecule has 0 bridgehead atoms. The van der Waals surface area contributed by atoms with Crippen molar-refractivity contribution in [2.75, 3.05) is 73.7 Å². The van der Waals surface area contributed by atoms with Crippen molar-refractivity contribution in [2.45, 2.75) is 134 Å². The lowest BCUT2D eigenvalue weighted by atomic mass is 9.91. The zero-order valence-corrected chi connectivity index (χ0v) is 54.8. The molecule has 0 saturated carbocycles. The molecule has 2 aromatic heterocycles. The van der Waals surface area contributed by atoms with Crippen LogP contribution in [0.25, 0.3) is 0 Å². The molecule has 6 aromatic rings. The molecule has 1 amide bonds. The summed E-state index contributed by atoms with van der Waals surface area (Å²) in [5.41, 5.74) is 0.901. The van der Waals surface area contributed by atoms with E-state index in [1.807, 2.05) is 98.8 Å². The summed E-state index contributed by atoms with van der Waals surface area (Å²) in [4.78, 5) is 96.1. The van der Waals surface area contributed by atoms with Gasteiger partial charge in [-0.05, 0) is 94.4 Å². The van der Waals surface area contributed by atoms with E-state index in [2.05, 4.69) is 71.0 Å². The predicted octanol–water partition coefficient (Wildman–Crippen LogP) is 8.78. The van der Waals surface area contributed by atoms with Crippen molar-refractivity contribution in [2.24, 2.45) is 0 Å². The van der Waals surface area contributed by atoms with E-state index >= 15 is 0 Å². The number of carbonyl (C=O) groups excluding carboxylic acids is 7. The Morgan fingerprint density at radius 1 is 0.565 bits per heavy atom. The van der Waals surface area contributed by atoms with E-state index in [1.165, 1.54) is 49.7 Å². The zero-order valence-electron chi connectivity index (χ0n) is 54.0. The minimum absolute atomic E-state index is 0.0430. The SMILES string of the molecule is COC(=O)C1(O)CCN(C(=O)OC(C)(C)C)CC1.COC(=O)C1(O)CCN(Cc2ccccc2)CC1.COC(=O)C1(OC(=O)c2cncn2[C@H](C)c2ccccc2)CCNCC1.C[C@H](c1ccccc1)n1cncc1C(=O)Cl.O=C1CCN(Cc2ccccc2)CC1. The Hall–Kier alpha value is -8.12. The van der Waals surface area contributed by atoms with Crippen molar-refractivity contribution in [1.29, 1.82) is 0 Å². The van der Waals surface area contributed by atoms with Gasteiger partial charge in [0.05, 0.1) is 58.5 Å². The second kappa shape index (κ2) is 35.1. The second-order valence-electron chi connectivity index (χ2n) is 24.0. The van der Waals surface area contributed by atoms with Crippen LogP contribution in [0.2, 0.25) is 0 Å². The third-order valence-electron chi connectivity index (χ3n) is 16.4. The average molecular weight is 1290 g/mol. The van der Waals surface area contributed by atoms with E-state index in [4.69, 9.17) is 25.8 Å². The summed E-state index contributed by atoms with van der Waals surface area (Å²) in [5.74, 6) is -1.84. The number of methoxy groups -OCH3 is 3. The molecule has 22 nitrogen and oxygen atoms in total. The summed E-state index contributed by atoms with van der Waals surface area (Å²) >= 11 is 5.48. The molecular weight excluding hydrogens is 1200 g/mol. The van der Waals surface area contributed by atoms with E-state index in [9.17, 15) is 43.8 Å². The number of aliphatic hydroxyl groups is 2. The van der Waals surface area contributed by atoms with Crippen LogP contribution in [-0.2, 0) is 56.0 Å². The van der Waals surface area contributed by atoms with Gasteiger partial charge in [-0.25, -0.2) is 33.9 Å². The van der Waals surface area contributed by atoms with E-state index in [0.29, 0.717) is 69.0 Å². The number of esters is 4. The molecule has 3 N–H and O–H groups in total. The first-order valence-corrected chi connectivity index (χ1v) is 31.3. The summed E-state index contributed by atoms with van der Waals surface area (Å²) < 4.78 is 28.5. The molecule has 4 aliphatic rings. The highest BCUT2D eigenvalue weighted by Gasteiger charge is 2.46. The van der Waals surface area contributed by atoms with Gasteiger partial charge < -0.3 is 53.2 Å². The Morgan fingerprint density at radius 2 is 0.957 bits per heavy atom. The number of ketones is 1. The van der Waals surface area contributed by atoms with Crippen LogP contribution in [0.5, 0.6) is 0 Å². The minimum Gasteiger partial charge on any atom is -0.467 e. The van der Waals surface area contributed by atoms with E-state index in [-0.39, 0.29) is 38.0 Å². The highest BCUT2D eigenvalue weighted by Crippen LogP contribution is 2.30. The molecule has 6 heterocycles. The Balaban J connectivity index is 0.000000186. The molecule has 0 radical (unpaired) electrons. The van der Waals surface area contributed by atoms with Gasteiger partial charge in [0.15, 0.2) is 11.2 Å². The molecule has 4 saturated heterocycles. The van der Waals surface area contributed by atoms with Gasteiger partial charge in [0, 0.05) is 90.9 Å². The highest BCUT2D eigenvalue weighted by molar-refractivity contribution is 6.67. The first kappa shape index (κ1) is 72.9. The molecule has 4 aliphatic heterocycles. The highest BCUT2D eigenvalue weighted by atomic mass is 35.5. The summed E-state index contributed by atoms with van der Waals surface area (Å²) in [7, 11) is 3.86. The molecule has 23 heteroatoms. The van der Waals surface area contributed by atoms with Gasteiger partial charge in [-0.1, -0.05) is 121 Å². The second-order valence-corrected chi connectivity index (χ2v) is 24.4. The average Bonchev–Trinajstić information content (AvgIpc) is 1.52. The van der Waals surface area contributed by atoms with Crippen LogP contribution in [0.15, 0.2) is 146 Å². The van der Waals surface area contributed by atoms with Crippen LogP contribution in [0, 0.1) is 0 Å². The Bertz CT molecular complexity index is 3270. The smallest absolute Gasteiger partial charge is 0.410 e. The van der Waals surface area contributed by atoms with Gasteiger partial charge in [-0.2, -0.15) is 0 Å². The number of hydrogen-bond donors (Lipinski definition) is 3. The van der Waals surface area contributed by atoms with Crippen molar-refractivity contribution in [3.8, 4) is 0 Å². The molecular formula is C69H89ClN8O14. The van der Waals surface area contributed by atoms with E-state index in [0.717, 1.165) is 50.1 Å². The van der Waals surface area contributed by atoms with E-state index < -0.39 is 57.6 Å². The number of carbonyl (C=O) groups is 7. The number of piperidine rings is 4. The van der Waals surface area contributed by atoms with Gasteiger partial charge in [0.1, 0.15) is 22.8 Å². The molecule has 4 aromatic carbocycles. The number of nitrogens with zero attached hydrogens (tertiary/aromatic N) is 7. The quantitative estimate of drug-likeness (QED) is 0.0522. The van der Waals surface area contributed by atoms with Crippen molar-refractivity contribution < 1.29 is 67.5 Å². The number of ether oxygens (including phenoxy) is 5. The summed E-state index contributed by atoms with van der Waals surface area (Å²) in [6.07, 6.45) is 9.17. The largest absolute Gasteiger partial charge is 0.467 e. The molecule has 2 atom stereocenters. The number of amides is 1. The van der Waals surface area contributed by atoms with Gasteiger partial charge >= 0.3 is 30.0 Å². The lowest BCUT2D eigenvalue weighted by Crippen LogP contribution is -2.52. The van der Waals surface area contributed by atoms with E-state index in [1.54, 1.807) is 42.6 Å². The Labute approximate surface area is 544 Å². The number of benzene rings is 4. The number of aromatic nitrogens is 4. The maximum absolute atomic E-state index is 12.8. The molecule has 496 valence electrons. The Morgan fingerprint density at radius 3 is 1.37 bits per heavy atom. The number of Topliss-reactive ketones (excluding diaryl/α,β-unsaturated/α-hetero) is 1. The molecule has 0 unspecified atom stereocenters. The summed E-state index contributed by atoms with van der Waals surface area (Å²) in [6, 6.07) is 40.3. The van der Waals surface area contributed by atoms with Crippen LogP contribution in [0.3, 0.4) is 0 Å². The van der Waals surface area contributed by atoms with Crippen molar-refractivity contribution in [3.63, 3.8) is 0 Å². The third-order valence-corrected chi connectivity index (χ3v) is 16.6. The standard InChI is InChI=1S/C19H23N3O4.C14H19NO3.C12H11ClN2O.C12H21NO5.C12H15NO/c1-14(15-6-4-3-5-7-15)22-13-21-12-16(22)17(23)26-19(18(24)25-2)8-10-20-11-9-19;1-18-13(16)14(17)7-9-15(10-8-14)11-12-5-3-2-4-6-12;1-9(10-5-3-2-4-6-10)15-8-14-7-11(15)12(13)16;1-11(2,3)18-10(15)13-7-5-12(16,6-8-13)9(14)17-4;14-12-6-8-13(9-7-12)10-11-4-2-1-3-5-11/h3-7,12-14,20H,8-11H2,1-2H3;2-6,17H,7-11H2,1H3;2-9H,1H3;16H,5-8H2,1-4H3;1-5H,6-10H2/t14-;;9-;;/m1.1../s1. The van der Waals surface area contributed by atoms with Gasteiger partial charge in [-0.3, -0.25) is 19.4 Å². The third kappa shape index (κ3) is 21.5. The van der Waals surface area contributed by atoms with Crippen LogP contribution < -0.4 is 5.32 Å². The Kier molecular flexibility index (Phi) is 27.8. The topological polar surface area (TPSA) is 263 Å². The van der Waals surface area contributed by atoms with Crippen molar-refractivity contribution in [1.82, 2.24) is 39.1 Å². The number of nitrogens with one attached hydrogen (secondary N) is 1. The van der Waals surface area contributed by atoms with Crippen molar-refractivity contribution >= 4 is 52.6 Å². The number of imidazole rings is 2. The number of rotatable bonds is 14. The fraction of sp³-hybridized carbons (Fsp3) is 0.464. The summed E-state index contributed by atoms with van der Waals surface area (Å²) in [6.45, 7) is 16.2. The maximum Gasteiger partial charge on any atom is 0.410 e. The molecule has 4 fully saturated rings. The zero-order chi connectivity index (χ0) is 66.9. The minimum atomic E-state index is -1.48. The lowest BCUT2D eigenvalue weighted by molar-refractivity contribution is -0.167. The number of likely N-dealkylation sites (tertiary alicyclic amines) is 3. The molecule has 0 aliphatic carbocycles. The first-order chi connectivity index (χ1) is 43.9. The first-order valence-electron chi connectivity index (χ1n) is 30.9. The normalized spacial score (nSPS) is 17.4. The van der Waals surface area contributed by atoms with Crippen LogP contribution >= 0.6 is 11.6 Å². The van der Waals surface area contributed by atoms with Crippen LogP contribution in [0.4, 0.5) is 4.79 Å². The molecule has 0 spiro atoms. The summed E-state index contributed by atoms with van der Waals surface area (Å²) in [5, 5.41) is 22.8.